The maximum Gasteiger partial charge on any atom is 0.240 e. The Hall–Kier alpha value is -2.39. The first-order valence-electron chi connectivity index (χ1n) is 7.48. The monoisotopic (exact) mass is 346 g/mol. The zero-order chi connectivity index (χ0) is 16.9. The molecule has 1 amide bonds. The zero-order valence-corrected chi connectivity index (χ0v) is 13.8. The second-order valence-corrected chi connectivity index (χ2v) is 6.25. The number of ether oxygens (including phenoxy) is 1. The minimum atomic E-state index is -0.481. The molecule has 1 aliphatic rings. The number of nitrogens with zero attached hydrogens (tertiary/aromatic N) is 4. The third-order valence-electron chi connectivity index (χ3n) is 3.52. The number of benzene rings is 1. The maximum absolute atomic E-state index is 13.0. The molecule has 2 aromatic rings. The van der Waals surface area contributed by atoms with Crippen molar-refractivity contribution in [2.75, 3.05) is 37.8 Å². The Balaban J connectivity index is 1.88. The van der Waals surface area contributed by atoms with E-state index in [9.17, 15) is 4.79 Å². The molecule has 0 unspecified atom stereocenters. The number of carbonyl (C=O) groups excluding carboxylic acids is 1. The van der Waals surface area contributed by atoms with Crippen molar-refractivity contribution in [1.82, 2.24) is 19.9 Å². The molecule has 8 nitrogen and oxygen atoms in total. The minimum absolute atomic E-state index is 0.00736. The molecule has 24 heavy (non-hydrogen) atoms. The van der Waals surface area contributed by atoms with Gasteiger partial charge in [-0.1, -0.05) is 42.1 Å². The third-order valence-corrected chi connectivity index (χ3v) is 4.63. The predicted molar refractivity (Wildman–Crippen MR) is 91.1 cm³/mol. The molecule has 1 atom stereocenters. The van der Waals surface area contributed by atoms with Crippen molar-refractivity contribution in [2.45, 2.75) is 10.4 Å². The van der Waals surface area contributed by atoms with Crippen molar-refractivity contribution in [2.24, 2.45) is 0 Å². The van der Waals surface area contributed by atoms with Gasteiger partial charge in [-0.25, -0.2) is 0 Å². The lowest BCUT2D eigenvalue weighted by Crippen LogP contribution is -2.42. The molecule has 1 saturated heterocycles. The Morgan fingerprint density at radius 1 is 1.08 bits per heavy atom. The number of nitrogens with two attached hydrogens (primary N) is 2. The number of hydrogen-bond donors (Lipinski definition) is 2. The molecule has 0 saturated carbocycles. The predicted octanol–water partition coefficient (Wildman–Crippen LogP) is 0.728. The summed E-state index contributed by atoms with van der Waals surface area (Å²) >= 11 is 1.22. The van der Waals surface area contributed by atoms with Crippen LogP contribution >= 0.6 is 11.8 Å². The van der Waals surface area contributed by atoms with Crippen LogP contribution in [0.3, 0.4) is 0 Å². The summed E-state index contributed by atoms with van der Waals surface area (Å²) in [4.78, 5) is 26.7. The Bertz CT molecular complexity index is 688. The number of thioether (sulfide) groups is 1. The lowest BCUT2D eigenvalue weighted by atomic mass is 10.1. The number of carbonyl (C=O) groups is 1. The van der Waals surface area contributed by atoms with Gasteiger partial charge in [0, 0.05) is 13.1 Å². The van der Waals surface area contributed by atoms with Crippen LogP contribution < -0.4 is 11.5 Å². The first kappa shape index (κ1) is 16.5. The number of hydrogen-bond acceptors (Lipinski definition) is 8. The van der Waals surface area contributed by atoms with E-state index < -0.39 is 5.25 Å². The lowest BCUT2D eigenvalue weighted by molar-refractivity contribution is -0.134. The molecule has 3 rings (SSSR count). The molecule has 9 heteroatoms. The average Bonchev–Trinajstić information content (AvgIpc) is 2.60. The second kappa shape index (κ2) is 7.45. The van der Waals surface area contributed by atoms with Gasteiger partial charge in [0.1, 0.15) is 5.25 Å². The lowest BCUT2D eigenvalue weighted by Gasteiger charge is -2.30. The Morgan fingerprint density at radius 3 is 2.33 bits per heavy atom. The van der Waals surface area contributed by atoms with Gasteiger partial charge in [0.15, 0.2) is 5.16 Å². The van der Waals surface area contributed by atoms with Gasteiger partial charge in [-0.3, -0.25) is 4.79 Å². The largest absolute Gasteiger partial charge is 0.378 e. The zero-order valence-electron chi connectivity index (χ0n) is 13.0. The van der Waals surface area contributed by atoms with Crippen LogP contribution in [0.1, 0.15) is 10.8 Å². The van der Waals surface area contributed by atoms with Crippen LogP contribution in [0.4, 0.5) is 11.9 Å². The van der Waals surface area contributed by atoms with Gasteiger partial charge in [-0.15, -0.1) is 0 Å². The number of morpholine rings is 1. The summed E-state index contributed by atoms with van der Waals surface area (Å²) in [5.74, 6) is 0.0679. The molecule has 1 aromatic carbocycles. The first-order chi connectivity index (χ1) is 11.6. The smallest absolute Gasteiger partial charge is 0.240 e. The summed E-state index contributed by atoms with van der Waals surface area (Å²) in [6, 6.07) is 9.51. The highest BCUT2D eigenvalue weighted by molar-refractivity contribution is 8.00. The van der Waals surface area contributed by atoms with Crippen LogP contribution in [0.25, 0.3) is 0 Å². The number of aromatic nitrogens is 3. The normalized spacial score (nSPS) is 15.9. The van der Waals surface area contributed by atoms with Crippen molar-refractivity contribution < 1.29 is 9.53 Å². The van der Waals surface area contributed by atoms with E-state index in [1.54, 1.807) is 4.90 Å². The highest BCUT2D eigenvalue weighted by Gasteiger charge is 2.29. The van der Waals surface area contributed by atoms with E-state index in [0.717, 1.165) is 5.56 Å². The highest BCUT2D eigenvalue weighted by Crippen LogP contribution is 2.35. The molecule has 0 aliphatic carbocycles. The van der Waals surface area contributed by atoms with Gasteiger partial charge in [0.05, 0.1) is 13.2 Å². The average molecular weight is 346 g/mol. The quantitative estimate of drug-likeness (QED) is 0.777. The summed E-state index contributed by atoms with van der Waals surface area (Å²) < 4.78 is 5.32. The summed E-state index contributed by atoms with van der Waals surface area (Å²) in [5, 5.41) is -0.152. The van der Waals surface area contributed by atoms with Crippen LogP contribution in [0.5, 0.6) is 0 Å². The summed E-state index contributed by atoms with van der Waals surface area (Å²) in [5.41, 5.74) is 12.1. The number of rotatable bonds is 4. The van der Waals surface area contributed by atoms with E-state index in [-0.39, 0.29) is 17.8 Å². The van der Waals surface area contributed by atoms with Crippen LogP contribution in [-0.2, 0) is 9.53 Å². The topological polar surface area (TPSA) is 120 Å². The van der Waals surface area contributed by atoms with Crippen LogP contribution in [-0.4, -0.2) is 52.1 Å². The molecular formula is C15H18N6O2S. The molecule has 1 fully saturated rings. The Morgan fingerprint density at radius 2 is 1.71 bits per heavy atom. The summed E-state index contributed by atoms with van der Waals surface area (Å²) in [7, 11) is 0. The molecule has 0 bridgehead atoms. The first-order valence-corrected chi connectivity index (χ1v) is 8.36. The van der Waals surface area contributed by atoms with E-state index in [4.69, 9.17) is 16.2 Å². The van der Waals surface area contributed by atoms with Gasteiger partial charge in [-0.05, 0) is 5.56 Å². The number of amides is 1. The second-order valence-electron chi connectivity index (χ2n) is 5.18. The van der Waals surface area contributed by atoms with Gasteiger partial charge in [-0.2, -0.15) is 15.0 Å². The van der Waals surface area contributed by atoms with E-state index in [0.29, 0.717) is 31.5 Å². The maximum atomic E-state index is 13.0. The fourth-order valence-electron chi connectivity index (χ4n) is 2.38. The van der Waals surface area contributed by atoms with Crippen LogP contribution in [0.2, 0.25) is 0 Å². The molecule has 2 heterocycles. The molecule has 4 N–H and O–H groups in total. The minimum Gasteiger partial charge on any atom is -0.378 e. The molecule has 0 radical (unpaired) electrons. The van der Waals surface area contributed by atoms with E-state index in [2.05, 4.69) is 15.0 Å². The van der Waals surface area contributed by atoms with Crippen molar-refractivity contribution >= 4 is 29.6 Å². The molecule has 126 valence electrons. The fraction of sp³-hybridized carbons (Fsp3) is 0.333. The Kier molecular flexibility index (Phi) is 5.11. The van der Waals surface area contributed by atoms with Crippen molar-refractivity contribution in [3.8, 4) is 0 Å². The third kappa shape index (κ3) is 3.92. The molecular weight excluding hydrogens is 328 g/mol. The number of anilines is 2. The van der Waals surface area contributed by atoms with Gasteiger partial charge >= 0.3 is 0 Å². The molecule has 1 aliphatic heterocycles. The molecule has 0 spiro atoms. The fourth-order valence-corrected chi connectivity index (χ4v) is 3.43. The van der Waals surface area contributed by atoms with Gasteiger partial charge in [0.2, 0.25) is 17.8 Å². The summed E-state index contributed by atoms with van der Waals surface area (Å²) in [6.07, 6.45) is 0. The van der Waals surface area contributed by atoms with E-state index in [1.165, 1.54) is 11.8 Å². The highest BCUT2D eigenvalue weighted by atomic mass is 32.2. The molecule has 1 aromatic heterocycles. The van der Waals surface area contributed by atoms with E-state index in [1.807, 2.05) is 30.3 Å². The SMILES string of the molecule is Nc1nc(N)nc(S[C@@H](C(=O)N2CCOCC2)c2ccccc2)n1. The standard InChI is InChI=1S/C15H18N6O2S/c16-13-18-14(17)20-15(19-13)24-11(10-4-2-1-3-5-10)12(22)21-6-8-23-9-7-21/h1-5,11H,6-9H2,(H4,16,17,18,19,20)/t11-/m1/s1. The van der Waals surface area contributed by atoms with Crippen molar-refractivity contribution in [3.05, 3.63) is 35.9 Å². The van der Waals surface area contributed by atoms with Crippen molar-refractivity contribution in [3.63, 3.8) is 0 Å². The van der Waals surface area contributed by atoms with Crippen molar-refractivity contribution in [1.29, 1.82) is 0 Å². The van der Waals surface area contributed by atoms with Gasteiger partial charge in [0.25, 0.3) is 0 Å². The summed E-state index contributed by atoms with van der Waals surface area (Å²) in [6.45, 7) is 2.24. The number of nitrogen functional groups attached to an aromatic ring is 2. The van der Waals surface area contributed by atoms with Crippen LogP contribution in [0, 0.1) is 0 Å². The van der Waals surface area contributed by atoms with Gasteiger partial charge < -0.3 is 21.1 Å². The van der Waals surface area contributed by atoms with E-state index >= 15 is 0 Å². The Labute approximate surface area is 143 Å². The van der Waals surface area contributed by atoms with Crippen LogP contribution in [0.15, 0.2) is 35.5 Å².